The zero-order chi connectivity index (χ0) is 20.6. The van der Waals surface area contributed by atoms with Crippen LogP contribution in [-0.4, -0.2) is 70.5 Å². The lowest BCUT2D eigenvalue weighted by Gasteiger charge is -2.45. The second-order valence-corrected chi connectivity index (χ2v) is 6.58. The Hall–Kier alpha value is -2.56. The summed E-state index contributed by atoms with van der Waals surface area (Å²) in [5, 5.41) is 40.5. The number of benzene rings is 1. The molecule has 2 heterocycles. The Morgan fingerprint density at radius 1 is 1.32 bits per heavy atom. The summed E-state index contributed by atoms with van der Waals surface area (Å²) in [4.78, 5) is 24.4. The lowest BCUT2D eigenvalue weighted by molar-refractivity contribution is -0.244. The maximum absolute atomic E-state index is 12.4. The minimum Gasteiger partial charge on any atom is -0.504 e. The molecule has 10 nitrogen and oxygen atoms in total. The number of aliphatic hydroxyl groups is 2. The third kappa shape index (κ3) is 3.23. The van der Waals surface area contributed by atoms with Crippen molar-refractivity contribution in [1.29, 1.82) is 0 Å². The zero-order valence-corrected chi connectivity index (χ0v) is 15.3. The molecule has 1 aromatic carbocycles. The van der Waals surface area contributed by atoms with Crippen LogP contribution in [0.1, 0.15) is 41.8 Å². The Labute approximate surface area is 160 Å². The molecule has 2 aliphatic rings. The summed E-state index contributed by atoms with van der Waals surface area (Å²) in [6, 6.07) is 1.06. The van der Waals surface area contributed by atoms with Gasteiger partial charge in [-0.15, -0.1) is 0 Å². The van der Waals surface area contributed by atoms with Gasteiger partial charge in [-0.25, -0.2) is 4.79 Å². The van der Waals surface area contributed by atoms with Crippen molar-refractivity contribution < 1.29 is 49.0 Å². The van der Waals surface area contributed by atoms with Crippen molar-refractivity contribution in [2.75, 3.05) is 13.7 Å². The molecule has 1 aromatic rings. The van der Waals surface area contributed by atoms with E-state index in [0.717, 1.165) is 6.07 Å². The van der Waals surface area contributed by atoms with Gasteiger partial charge in [-0.1, -0.05) is 6.92 Å². The molecule has 1 saturated heterocycles. The Morgan fingerprint density at radius 3 is 2.64 bits per heavy atom. The van der Waals surface area contributed by atoms with Crippen molar-refractivity contribution in [3.8, 4) is 17.2 Å². The lowest BCUT2D eigenvalue weighted by Crippen LogP contribution is -2.59. The van der Waals surface area contributed by atoms with Crippen LogP contribution in [-0.2, 0) is 19.0 Å². The number of hydrogen-bond acceptors (Lipinski definition) is 10. The number of aromatic hydroxyl groups is 2. The van der Waals surface area contributed by atoms with Gasteiger partial charge in [0.1, 0.15) is 18.3 Å². The van der Waals surface area contributed by atoms with E-state index in [1.807, 2.05) is 0 Å². The molecule has 0 aromatic heterocycles. The minimum absolute atomic E-state index is 0.0437. The van der Waals surface area contributed by atoms with E-state index in [9.17, 15) is 30.0 Å². The molecule has 154 valence electrons. The number of phenols is 2. The molecule has 0 amide bonds. The first-order chi connectivity index (χ1) is 13.3. The lowest BCUT2D eigenvalue weighted by atomic mass is 9.86. The topological polar surface area (TPSA) is 152 Å². The Kier molecular flexibility index (Phi) is 5.64. The molecule has 4 N–H and O–H groups in total. The van der Waals surface area contributed by atoms with Crippen molar-refractivity contribution >= 4 is 11.9 Å². The largest absolute Gasteiger partial charge is 0.504 e. The molecule has 0 bridgehead atoms. The molecule has 0 saturated carbocycles. The summed E-state index contributed by atoms with van der Waals surface area (Å²) in [6.45, 7) is 1.17. The summed E-state index contributed by atoms with van der Waals surface area (Å²) in [7, 11) is 1.22. The van der Waals surface area contributed by atoms with Gasteiger partial charge in [0.2, 0.25) is 5.75 Å². The molecule has 5 atom stereocenters. The number of hydrogen-bond donors (Lipinski definition) is 4. The van der Waals surface area contributed by atoms with Crippen molar-refractivity contribution in [2.24, 2.45) is 0 Å². The number of carbonyl (C=O) groups excluding carboxylic acids is 2. The molecule has 10 heteroatoms. The highest BCUT2D eigenvalue weighted by molar-refractivity contribution is 5.95. The van der Waals surface area contributed by atoms with Gasteiger partial charge in [0.15, 0.2) is 23.7 Å². The van der Waals surface area contributed by atoms with Crippen molar-refractivity contribution in [2.45, 2.75) is 50.3 Å². The van der Waals surface area contributed by atoms with Crippen LogP contribution in [0.4, 0.5) is 0 Å². The van der Waals surface area contributed by atoms with Crippen LogP contribution >= 0.6 is 0 Å². The summed E-state index contributed by atoms with van der Waals surface area (Å²) in [6.07, 6.45) is -5.77. The molecule has 0 unspecified atom stereocenters. The maximum atomic E-state index is 12.4. The van der Waals surface area contributed by atoms with Gasteiger partial charge < -0.3 is 39.4 Å². The number of phenolic OH excluding ortho intramolecular Hbond substituents is 2. The normalized spacial score (nSPS) is 28.7. The van der Waals surface area contributed by atoms with Crippen molar-refractivity contribution in [3.63, 3.8) is 0 Å². The molecule has 28 heavy (non-hydrogen) atoms. The molecule has 1 fully saturated rings. The summed E-state index contributed by atoms with van der Waals surface area (Å²) < 4.78 is 21.2. The molecular formula is C18H22O10. The van der Waals surface area contributed by atoms with Crippen LogP contribution < -0.4 is 4.74 Å². The number of ether oxygens (including phenoxy) is 4. The van der Waals surface area contributed by atoms with E-state index < -0.39 is 60.6 Å². The minimum atomic E-state index is -1.46. The molecule has 2 aliphatic heterocycles. The second kappa shape index (κ2) is 7.82. The van der Waals surface area contributed by atoms with Crippen LogP contribution in [0.5, 0.6) is 17.2 Å². The fourth-order valence-corrected chi connectivity index (χ4v) is 3.48. The first-order valence-corrected chi connectivity index (χ1v) is 8.81. The van der Waals surface area contributed by atoms with Crippen LogP contribution in [0.2, 0.25) is 0 Å². The van der Waals surface area contributed by atoms with E-state index in [1.165, 1.54) is 7.11 Å². The third-order valence-corrected chi connectivity index (χ3v) is 4.79. The van der Waals surface area contributed by atoms with Crippen LogP contribution in [0.3, 0.4) is 0 Å². The van der Waals surface area contributed by atoms with Crippen LogP contribution in [0.15, 0.2) is 6.07 Å². The number of fused-ring (bicyclic) bond motifs is 3. The highest BCUT2D eigenvalue weighted by atomic mass is 16.6. The fourth-order valence-electron chi connectivity index (χ4n) is 3.48. The van der Waals surface area contributed by atoms with Crippen LogP contribution in [0.25, 0.3) is 0 Å². The summed E-state index contributed by atoms with van der Waals surface area (Å²) in [5.41, 5.74) is -0.207. The van der Waals surface area contributed by atoms with E-state index >= 15 is 0 Å². The predicted octanol–water partition coefficient (Wildman–Crippen LogP) is 0.150. The van der Waals surface area contributed by atoms with Gasteiger partial charge in [0.05, 0.1) is 19.3 Å². The molecule has 0 aliphatic carbocycles. The predicted molar refractivity (Wildman–Crippen MR) is 91.0 cm³/mol. The number of methoxy groups -OCH3 is 1. The fraction of sp³-hybridized carbons (Fsp3) is 0.556. The van der Waals surface area contributed by atoms with Gasteiger partial charge >= 0.3 is 11.9 Å². The van der Waals surface area contributed by atoms with E-state index in [0.29, 0.717) is 6.42 Å². The van der Waals surface area contributed by atoms with Gasteiger partial charge in [0.25, 0.3) is 0 Å². The van der Waals surface area contributed by atoms with Gasteiger partial charge in [0, 0.05) is 12.0 Å². The standard InChI is InChI=1S/C18H22O10/c1-3-4-10(21)27-16-12(22)9(6-19)26-15-11-7(18(24)28-17(15)16)5-8(20)14(25-2)13(11)23/h5,9,12,15-17,19-20,22-23H,3-4,6H2,1-2H3/t9-,12-,15+,16+,17+/m1/s1. The Bertz CT molecular complexity index is 776. The average Bonchev–Trinajstić information content (AvgIpc) is 2.65. The number of carbonyl (C=O) groups is 2. The van der Waals surface area contributed by atoms with Gasteiger partial charge in [-0.2, -0.15) is 0 Å². The SMILES string of the molecule is CCCC(=O)O[C@H]1[C@H](O)[C@@H](CO)O[C@H]2c3c(cc(O)c(OC)c3O)C(=O)O[C@H]12. The molecule has 0 spiro atoms. The summed E-state index contributed by atoms with van der Waals surface area (Å²) >= 11 is 0. The van der Waals surface area contributed by atoms with E-state index in [-0.39, 0.29) is 23.3 Å². The average molecular weight is 398 g/mol. The zero-order valence-electron chi connectivity index (χ0n) is 15.3. The highest BCUT2D eigenvalue weighted by Crippen LogP contribution is 2.50. The Balaban J connectivity index is 2.08. The quantitative estimate of drug-likeness (QED) is 0.504. The third-order valence-electron chi connectivity index (χ3n) is 4.79. The monoisotopic (exact) mass is 398 g/mol. The Morgan fingerprint density at radius 2 is 2.04 bits per heavy atom. The molecule has 0 radical (unpaired) electrons. The molecule has 3 rings (SSSR count). The smallest absolute Gasteiger partial charge is 0.339 e. The van der Waals surface area contributed by atoms with E-state index in [4.69, 9.17) is 18.9 Å². The number of rotatable bonds is 5. The summed E-state index contributed by atoms with van der Waals surface area (Å²) in [5.74, 6) is -2.81. The maximum Gasteiger partial charge on any atom is 0.339 e. The van der Waals surface area contributed by atoms with Crippen molar-refractivity contribution in [1.82, 2.24) is 0 Å². The first kappa shape index (κ1) is 20.2. The highest BCUT2D eigenvalue weighted by Gasteiger charge is 2.54. The van der Waals surface area contributed by atoms with Gasteiger partial charge in [-0.3, -0.25) is 4.79 Å². The van der Waals surface area contributed by atoms with E-state index in [1.54, 1.807) is 6.92 Å². The first-order valence-electron chi connectivity index (χ1n) is 8.81. The van der Waals surface area contributed by atoms with Crippen molar-refractivity contribution in [3.05, 3.63) is 17.2 Å². The second-order valence-electron chi connectivity index (χ2n) is 6.58. The van der Waals surface area contributed by atoms with Gasteiger partial charge in [-0.05, 0) is 12.5 Å². The van der Waals surface area contributed by atoms with E-state index in [2.05, 4.69) is 0 Å². The van der Waals surface area contributed by atoms with Crippen LogP contribution in [0, 0.1) is 0 Å². The number of aliphatic hydroxyl groups excluding tert-OH is 2. The number of esters is 2. The molecular weight excluding hydrogens is 376 g/mol.